The van der Waals surface area contributed by atoms with Gasteiger partial charge in [-0.2, -0.15) is 4.31 Å². The number of carbonyl (C=O) groups excluding carboxylic acids is 1. The molecule has 1 amide bonds. The lowest BCUT2D eigenvalue weighted by Crippen LogP contribution is -2.33. The predicted octanol–water partition coefficient (Wildman–Crippen LogP) is 3.00. The Labute approximate surface area is 167 Å². The minimum Gasteiger partial charge on any atom is -0.407 e. The third-order valence-electron chi connectivity index (χ3n) is 4.11. The van der Waals surface area contributed by atoms with Gasteiger partial charge in [0.1, 0.15) is 0 Å². The Balaban J connectivity index is 1.68. The lowest BCUT2D eigenvalue weighted by Gasteiger charge is -2.20. The molecule has 0 unspecified atom stereocenters. The molecule has 1 N–H and O–H groups in total. The van der Waals surface area contributed by atoms with Crippen molar-refractivity contribution in [2.24, 2.45) is 0 Å². The van der Waals surface area contributed by atoms with Gasteiger partial charge < -0.3 is 4.42 Å². The van der Waals surface area contributed by atoms with Gasteiger partial charge in [-0.25, -0.2) is 8.42 Å². The van der Waals surface area contributed by atoms with Crippen molar-refractivity contribution in [3.05, 3.63) is 58.1 Å². The molecule has 10 heteroatoms. The number of aromatic nitrogens is 2. The summed E-state index contributed by atoms with van der Waals surface area (Å²) in [4.78, 5) is 13.5. The van der Waals surface area contributed by atoms with Gasteiger partial charge in [0, 0.05) is 23.5 Å². The van der Waals surface area contributed by atoms with Crippen LogP contribution in [0.2, 0.25) is 0 Å². The highest BCUT2D eigenvalue weighted by Crippen LogP contribution is 2.19. The highest BCUT2D eigenvalue weighted by molar-refractivity contribution is 7.89. The van der Waals surface area contributed by atoms with Crippen LogP contribution in [0.25, 0.3) is 0 Å². The fourth-order valence-electron chi connectivity index (χ4n) is 2.33. The molecule has 3 rings (SSSR count). The zero-order chi connectivity index (χ0) is 20.3. The van der Waals surface area contributed by atoms with Crippen molar-refractivity contribution < 1.29 is 17.6 Å². The van der Waals surface area contributed by atoms with Gasteiger partial charge in [0.05, 0.1) is 11.3 Å². The van der Waals surface area contributed by atoms with Crippen LogP contribution >= 0.6 is 11.3 Å². The van der Waals surface area contributed by atoms with E-state index in [2.05, 4.69) is 15.5 Å². The van der Waals surface area contributed by atoms with Crippen LogP contribution in [0.1, 0.15) is 35.0 Å². The normalized spacial score (nSPS) is 11.9. The Bertz CT molecular complexity index is 1040. The van der Waals surface area contributed by atoms with E-state index in [1.807, 2.05) is 17.5 Å². The number of nitrogens with one attached hydrogen (secondary N) is 1. The minimum absolute atomic E-state index is 0.00667. The molecule has 0 fully saturated rings. The van der Waals surface area contributed by atoms with Gasteiger partial charge >= 0.3 is 6.01 Å². The third-order valence-corrected chi connectivity index (χ3v) is 7.04. The van der Waals surface area contributed by atoms with Crippen LogP contribution in [-0.4, -0.2) is 41.9 Å². The molecule has 0 spiro atoms. The molecule has 2 heterocycles. The summed E-state index contributed by atoms with van der Waals surface area (Å²) in [5.74, 6) is -0.0663. The second-order valence-corrected chi connectivity index (χ2v) is 9.38. The van der Waals surface area contributed by atoms with Gasteiger partial charge in [0.15, 0.2) is 0 Å². The molecule has 0 bridgehead atoms. The van der Waals surface area contributed by atoms with Crippen LogP contribution in [0, 0.1) is 0 Å². The number of rotatable bonds is 7. The molecule has 0 aliphatic heterocycles. The van der Waals surface area contributed by atoms with Crippen molar-refractivity contribution in [2.75, 3.05) is 12.4 Å². The summed E-state index contributed by atoms with van der Waals surface area (Å²) >= 11 is 1.58. The molecule has 0 aliphatic rings. The molecule has 3 aromatic rings. The van der Waals surface area contributed by atoms with Crippen molar-refractivity contribution in [2.45, 2.75) is 31.2 Å². The highest BCUT2D eigenvalue weighted by atomic mass is 32.2. The number of benzene rings is 1. The lowest BCUT2D eigenvalue weighted by atomic mass is 10.2. The molecular weight excluding hydrogens is 400 g/mol. The summed E-state index contributed by atoms with van der Waals surface area (Å²) in [7, 11) is -2.08. The van der Waals surface area contributed by atoms with E-state index in [0.29, 0.717) is 12.3 Å². The van der Waals surface area contributed by atoms with Crippen LogP contribution in [0.5, 0.6) is 0 Å². The molecule has 0 atom stereocenters. The van der Waals surface area contributed by atoms with E-state index in [-0.39, 0.29) is 22.5 Å². The standard InChI is InChI=1S/C18H20N4O4S2/c1-12(2)22(3)28(24,25)15-8-6-13(7-9-15)17(23)19-18-21-20-16(26-18)11-14-5-4-10-27-14/h4-10,12H,11H2,1-3H3,(H,19,21,23). The predicted molar refractivity (Wildman–Crippen MR) is 106 cm³/mol. The average molecular weight is 421 g/mol. The zero-order valence-electron chi connectivity index (χ0n) is 15.6. The van der Waals surface area contributed by atoms with Crippen molar-refractivity contribution in [1.29, 1.82) is 0 Å². The molecule has 148 valence electrons. The SMILES string of the molecule is CC(C)N(C)S(=O)(=O)c1ccc(C(=O)Nc2nnc(Cc3cccs3)o2)cc1. The third kappa shape index (κ3) is 4.46. The van der Waals surface area contributed by atoms with Crippen molar-refractivity contribution in [3.8, 4) is 0 Å². The highest BCUT2D eigenvalue weighted by Gasteiger charge is 2.23. The number of hydrogen-bond acceptors (Lipinski definition) is 7. The molecule has 0 aliphatic carbocycles. The summed E-state index contributed by atoms with van der Waals surface area (Å²) in [6, 6.07) is 9.40. The monoisotopic (exact) mass is 420 g/mol. The number of carbonyl (C=O) groups is 1. The van der Waals surface area contributed by atoms with Crippen LogP contribution in [0.15, 0.2) is 51.1 Å². The number of nitrogens with zero attached hydrogens (tertiary/aromatic N) is 3. The lowest BCUT2D eigenvalue weighted by molar-refractivity contribution is 0.102. The van der Waals surface area contributed by atoms with E-state index in [9.17, 15) is 13.2 Å². The quantitative estimate of drug-likeness (QED) is 0.630. The van der Waals surface area contributed by atoms with Crippen LogP contribution < -0.4 is 5.32 Å². The van der Waals surface area contributed by atoms with E-state index in [1.165, 1.54) is 35.6 Å². The van der Waals surface area contributed by atoms with Gasteiger partial charge in [-0.05, 0) is 49.6 Å². The maximum Gasteiger partial charge on any atom is 0.322 e. The number of amides is 1. The second-order valence-electron chi connectivity index (χ2n) is 6.35. The summed E-state index contributed by atoms with van der Waals surface area (Å²) in [5, 5.41) is 12.2. The summed E-state index contributed by atoms with van der Waals surface area (Å²) in [6.07, 6.45) is 0.496. The molecule has 0 saturated heterocycles. The van der Waals surface area contributed by atoms with E-state index in [0.717, 1.165) is 4.88 Å². The van der Waals surface area contributed by atoms with Gasteiger partial charge in [0.25, 0.3) is 5.91 Å². The maximum atomic E-state index is 12.5. The minimum atomic E-state index is -3.60. The smallest absolute Gasteiger partial charge is 0.322 e. The number of sulfonamides is 1. The van der Waals surface area contributed by atoms with E-state index in [1.54, 1.807) is 25.2 Å². The molecule has 1 aromatic carbocycles. The zero-order valence-corrected chi connectivity index (χ0v) is 17.3. The van der Waals surface area contributed by atoms with E-state index < -0.39 is 15.9 Å². The Morgan fingerprint density at radius 1 is 1.21 bits per heavy atom. The first-order valence-electron chi connectivity index (χ1n) is 8.51. The van der Waals surface area contributed by atoms with Gasteiger partial charge in [-0.15, -0.1) is 16.4 Å². The van der Waals surface area contributed by atoms with Crippen molar-refractivity contribution in [1.82, 2.24) is 14.5 Å². The first-order chi connectivity index (χ1) is 13.3. The number of thiophene rings is 1. The maximum absolute atomic E-state index is 12.5. The molecule has 28 heavy (non-hydrogen) atoms. The first kappa shape index (κ1) is 20.2. The Morgan fingerprint density at radius 3 is 2.54 bits per heavy atom. The molecule has 2 aromatic heterocycles. The fourth-order valence-corrected chi connectivity index (χ4v) is 4.39. The van der Waals surface area contributed by atoms with E-state index >= 15 is 0 Å². The molecule has 8 nitrogen and oxygen atoms in total. The van der Waals surface area contributed by atoms with E-state index in [4.69, 9.17) is 4.42 Å². The van der Waals surface area contributed by atoms with Gasteiger partial charge in [-0.1, -0.05) is 11.2 Å². The van der Waals surface area contributed by atoms with Crippen LogP contribution in [0.3, 0.4) is 0 Å². The first-order valence-corrected chi connectivity index (χ1v) is 10.8. The topological polar surface area (TPSA) is 105 Å². The second kappa shape index (κ2) is 8.21. The van der Waals surface area contributed by atoms with Crippen LogP contribution in [0.4, 0.5) is 6.01 Å². The number of anilines is 1. The van der Waals surface area contributed by atoms with Gasteiger partial charge in [0.2, 0.25) is 15.9 Å². The largest absolute Gasteiger partial charge is 0.407 e. The van der Waals surface area contributed by atoms with Gasteiger partial charge in [-0.3, -0.25) is 10.1 Å². The Morgan fingerprint density at radius 2 is 1.93 bits per heavy atom. The summed E-state index contributed by atoms with van der Waals surface area (Å²) < 4.78 is 31.7. The Kier molecular flexibility index (Phi) is 5.92. The van der Waals surface area contributed by atoms with Crippen LogP contribution in [-0.2, 0) is 16.4 Å². The fraction of sp³-hybridized carbons (Fsp3) is 0.278. The molecular formula is C18H20N4O4S2. The molecule has 0 radical (unpaired) electrons. The number of hydrogen-bond donors (Lipinski definition) is 1. The summed E-state index contributed by atoms with van der Waals surface area (Å²) in [6.45, 7) is 3.58. The van der Waals surface area contributed by atoms with Crippen molar-refractivity contribution in [3.63, 3.8) is 0 Å². The Hall–Kier alpha value is -2.56. The summed E-state index contributed by atoms with van der Waals surface area (Å²) in [5.41, 5.74) is 0.282. The average Bonchev–Trinajstić information content (AvgIpc) is 3.33. The van der Waals surface area contributed by atoms with Crippen molar-refractivity contribution >= 4 is 33.3 Å². The molecule has 0 saturated carbocycles.